The van der Waals surface area contributed by atoms with Gasteiger partial charge >= 0.3 is 5.97 Å². The highest BCUT2D eigenvalue weighted by Gasteiger charge is 2.21. The quantitative estimate of drug-likeness (QED) is 0.760. The predicted molar refractivity (Wildman–Crippen MR) is 68.1 cm³/mol. The average Bonchev–Trinajstić information content (AvgIpc) is 3.12. The molecule has 1 saturated carbocycles. The average molecular weight is 269 g/mol. The molecule has 0 aliphatic heterocycles. The Morgan fingerprint density at radius 3 is 2.72 bits per heavy atom. The van der Waals surface area contributed by atoms with Crippen LogP contribution in [0.1, 0.15) is 23.2 Å². The minimum atomic E-state index is -1.12. The Balaban J connectivity index is 2.02. The van der Waals surface area contributed by atoms with E-state index in [2.05, 4.69) is 10.6 Å². The van der Waals surface area contributed by atoms with Crippen molar-refractivity contribution in [2.75, 3.05) is 11.9 Å². The molecule has 1 fully saturated rings. The second kappa shape index (κ2) is 5.37. The molecule has 0 aromatic heterocycles. The molecule has 1 aliphatic carbocycles. The fourth-order valence-corrected chi connectivity index (χ4v) is 1.69. The number of hydrogen-bond acceptors (Lipinski definition) is 3. The SMILES string of the molecule is O=C(CNC1CC1)Nc1ccc(Cl)cc1C(=O)O. The summed E-state index contributed by atoms with van der Waals surface area (Å²) in [5, 5.41) is 14.9. The molecule has 96 valence electrons. The zero-order chi connectivity index (χ0) is 13.1. The van der Waals surface area contributed by atoms with E-state index in [0.717, 1.165) is 12.8 Å². The Morgan fingerprint density at radius 2 is 2.11 bits per heavy atom. The van der Waals surface area contributed by atoms with Gasteiger partial charge in [0.1, 0.15) is 0 Å². The molecule has 3 N–H and O–H groups in total. The number of halogens is 1. The van der Waals surface area contributed by atoms with Crippen molar-refractivity contribution < 1.29 is 14.7 Å². The van der Waals surface area contributed by atoms with Crippen molar-refractivity contribution in [3.63, 3.8) is 0 Å². The standard InChI is InChI=1S/C12H13ClN2O3/c13-7-1-4-10(9(5-7)12(17)18)15-11(16)6-14-8-2-3-8/h1,4-5,8,14H,2-3,6H2,(H,15,16)(H,17,18). The lowest BCUT2D eigenvalue weighted by atomic mass is 10.2. The third-order valence-electron chi connectivity index (χ3n) is 2.61. The third-order valence-corrected chi connectivity index (χ3v) is 2.85. The van der Waals surface area contributed by atoms with E-state index in [4.69, 9.17) is 16.7 Å². The zero-order valence-electron chi connectivity index (χ0n) is 9.57. The lowest BCUT2D eigenvalue weighted by Crippen LogP contribution is -2.29. The van der Waals surface area contributed by atoms with Crippen LogP contribution in [-0.4, -0.2) is 29.6 Å². The van der Waals surface area contributed by atoms with Gasteiger partial charge in [0.05, 0.1) is 17.8 Å². The van der Waals surface area contributed by atoms with Crippen molar-refractivity contribution in [2.45, 2.75) is 18.9 Å². The number of amides is 1. The maximum absolute atomic E-state index is 11.6. The van der Waals surface area contributed by atoms with Crippen LogP contribution >= 0.6 is 11.6 Å². The van der Waals surface area contributed by atoms with Crippen LogP contribution < -0.4 is 10.6 Å². The number of nitrogens with one attached hydrogen (secondary N) is 2. The molecule has 1 aromatic rings. The Hall–Kier alpha value is -1.59. The maximum atomic E-state index is 11.6. The van der Waals surface area contributed by atoms with Gasteiger partial charge in [-0.15, -0.1) is 0 Å². The summed E-state index contributed by atoms with van der Waals surface area (Å²) >= 11 is 5.72. The van der Waals surface area contributed by atoms with Gasteiger partial charge in [-0.25, -0.2) is 4.79 Å². The van der Waals surface area contributed by atoms with Crippen molar-refractivity contribution in [1.29, 1.82) is 0 Å². The first-order valence-corrected chi connectivity index (χ1v) is 6.00. The summed E-state index contributed by atoms with van der Waals surface area (Å²) in [6.45, 7) is 0.187. The molecule has 0 radical (unpaired) electrons. The second-order valence-electron chi connectivity index (χ2n) is 4.20. The van der Waals surface area contributed by atoms with Crippen LogP contribution in [-0.2, 0) is 4.79 Å². The van der Waals surface area contributed by atoms with Gasteiger partial charge in [0.15, 0.2) is 0 Å². The van der Waals surface area contributed by atoms with Crippen molar-refractivity contribution in [2.24, 2.45) is 0 Å². The smallest absolute Gasteiger partial charge is 0.337 e. The van der Waals surface area contributed by atoms with Gasteiger partial charge < -0.3 is 15.7 Å². The summed E-state index contributed by atoms with van der Waals surface area (Å²) in [7, 11) is 0. The van der Waals surface area contributed by atoms with E-state index < -0.39 is 5.97 Å². The summed E-state index contributed by atoms with van der Waals surface area (Å²) in [4.78, 5) is 22.6. The van der Waals surface area contributed by atoms with Gasteiger partial charge in [-0.3, -0.25) is 4.79 Å². The fourth-order valence-electron chi connectivity index (χ4n) is 1.52. The monoisotopic (exact) mass is 268 g/mol. The van der Waals surface area contributed by atoms with Crippen LogP contribution in [0.4, 0.5) is 5.69 Å². The third kappa shape index (κ3) is 3.45. The largest absolute Gasteiger partial charge is 0.478 e. The van der Waals surface area contributed by atoms with E-state index >= 15 is 0 Å². The van der Waals surface area contributed by atoms with Crippen molar-refractivity contribution in [3.05, 3.63) is 28.8 Å². The molecule has 1 amide bonds. The molecule has 5 nitrogen and oxygen atoms in total. The van der Waals surface area contributed by atoms with E-state index in [9.17, 15) is 9.59 Å². The number of carbonyl (C=O) groups is 2. The van der Waals surface area contributed by atoms with Gasteiger partial charge in [0.25, 0.3) is 0 Å². The van der Waals surface area contributed by atoms with E-state index in [1.165, 1.54) is 18.2 Å². The summed E-state index contributed by atoms with van der Waals surface area (Å²) in [5.74, 6) is -1.38. The molecule has 0 atom stereocenters. The number of carboxylic acids is 1. The van der Waals surface area contributed by atoms with Crippen LogP contribution in [0, 0.1) is 0 Å². The molecule has 0 bridgehead atoms. The number of aromatic carboxylic acids is 1. The zero-order valence-corrected chi connectivity index (χ0v) is 10.3. The highest BCUT2D eigenvalue weighted by Crippen LogP contribution is 2.21. The number of carboxylic acid groups (broad SMARTS) is 1. The molecule has 18 heavy (non-hydrogen) atoms. The molecule has 0 saturated heterocycles. The lowest BCUT2D eigenvalue weighted by Gasteiger charge is -2.09. The summed E-state index contributed by atoms with van der Waals surface area (Å²) in [6, 6.07) is 4.77. The molecule has 0 heterocycles. The maximum Gasteiger partial charge on any atom is 0.337 e. The van der Waals surface area contributed by atoms with Crippen LogP contribution in [0.2, 0.25) is 5.02 Å². The molecule has 0 unspecified atom stereocenters. The minimum absolute atomic E-state index is 0.0118. The highest BCUT2D eigenvalue weighted by molar-refractivity contribution is 6.31. The summed E-state index contributed by atoms with van der Waals surface area (Å²) in [5.41, 5.74) is 0.247. The normalized spacial score (nSPS) is 14.3. The van der Waals surface area contributed by atoms with E-state index in [1.807, 2.05) is 0 Å². The van der Waals surface area contributed by atoms with Gasteiger partial charge in [-0.05, 0) is 31.0 Å². The minimum Gasteiger partial charge on any atom is -0.478 e. The lowest BCUT2D eigenvalue weighted by molar-refractivity contribution is -0.115. The Labute approximate surface area is 109 Å². The number of anilines is 1. The molecule has 0 spiro atoms. The number of benzene rings is 1. The van der Waals surface area contributed by atoms with Crippen LogP contribution in [0.15, 0.2) is 18.2 Å². The molecular formula is C12H13ClN2O3. The topological polar surface area (TPSA) is 78.4 Å². The van der Waals surface area contributed by atoms with Gasteiger partial charge in [0, 0.05) is 11.1 Å². The fraction of sp³-hybridized carbons (Fsp3) is 0.333. The van der Waals surface area contributed by atoms with Crippen LogP contribution in [0.25, 0.3) is 0 Å². The Bertz CT molecular complexity index is 486. The molecule has 2 rings (SSSR count). The van der Waals surface area contributed by atoms with Crippen LogP contribution in [0.3, 0.4) is 0 Å². The van der Waals surface area contributed by atoms with Gasteiger partial charge in [0.2, 0.25) is 5.91 Å². The summed E-state index contributed by atoms with van der Waals surface area (Å²) < 4.78 is 0. The van der Waals surface area contributed by atoms with Crippen molar-refractivity contribution >= 4 is 29.2 Å². The highest BCUT2D eigenvalue weighted by atomic mass is 35.5. The molecule has 1 aromatic carbocycles. The van der Waals surface area contributed by atoms with E-state index in [1.54, 1.807) is 0 Å². The van der Waals surface area contributed by atoms with Crippen molar-refractivity contribution in [3.8, 4) is 0 Å². The molecular weight excluding hydrogens is 256 g/mol. The number of carbonyl (C=O) groups excluding carboxylic acids is 1. The Morgan fingerprint density at radius 1 is 1.39 bits per heavy atom. The Kier molecular flexibility index (Phi) is 3.84. The molecule has 1 aliphatic rings. The summed E-state index contributed by atoms with van der Waals surface area (Å²) in [6.07, 6.45) is 2.18. The first-order chi connectivity index (χ1) is 8.56. The number of hydrogen-bond donors (Lipinski definition) is 3. The van der Waals surface area contributed by atoms with Gasteiger partial charge in [-0.1, -0.05) is 11.6 Å². The second-order valence-corrected chi connectivity index (χ2v) is 4.63. The van der Waals surface area contributed by atoms with E-state index in [-0.39, 0.29) is 23.7 Å². The van der Waals surface area contributed by atoms with E-state index in [0.29, 0.717) is 11.1 Å². The molecule has 6 heteroatoms. The van der Waals surface area contributed by atoms with Crippen LogP contribution in [0.5, 0.6) is 0 Å². The van der Waals surface area contributed by atoms with Crippen molar-refractivity contribution in [1.82, 2.24) is 5.32 Å². The number of rotatable bonds is 5. The van der Waals surface area contributed by atoms with Gasteiger partial charge in [-0.2, -0.15) is 0 Å². The first kappa shape index (κ1) is 12.9. The first-order valence-electron chi connectivity index (χ1n) is 5.62. The predicted octanol–water partition coefficient (Wildman–Crippen LogP) is 1.73.